The molecule has 2 heterocycles. The van der Waals surface area contributed by atoms with E-state index in [0.717, 1.165) is 35.2 Å². The summed E-state index contributed by atoms with van der Waals surface area (Å²) in [7, 11) is 0. The van der Waals surface area contributed by atoms with Crippen LogP contribution in [0.1, 0.15) is 28.4 Å². The van der Waals surface area contributed by atoms with Crippen LogP contribution >= 0.6 is 0 Å². The molecule has 0 aliphatic carbocycles. The van der Waals surface area contributed by atoms with E-state index in [-0.39, 0.29) is 5.91 Å². The van der Waals surface area contributed by atoms with Gasteiger partial charge in [0.15, 0.2) is 5.76 Å². The van der Waals surface area contributed by atoms with Crippen LogP contribution < -0.4 is 5.32 Å². The number of furan rings is 1. The molecule has 0 saturated carbocycles. The van der Waals surface area contributed by atoms with E-state index in [1.54, 1.807) is 18.5 Å². The summed E-state index contributed by atoms with van der Waals surface area (Å²) in [6.07, 6.45) is 5.17. The fourth-order valence-electron chi connectivity index (χ4n) is 2.25. The molecular formula is C16H17N3O2. The van der Waals surface area contributed by atoms with E-state index < -0.39 is 0 Å². The van der Waals surface area contributed by atoms with Gasteiger partial charge in [-0.25, -0.2) is 4.98 Å². The highest BCUT2D eigenvalue weighted by Crippen LogP contribution is 2.20. The van der Waals surface area contributed by atoms with Gasteiger partial charge in [0.25, 0.3) is 5.91 Å². The molecule has 3 aromatic rings. The lowest BCUT2D eigenvalue weighted by Crippen LogP contribution is -2.24. The maximum atomic E-state index is 12.0. The highest BCUT2D eigenvalue weighted by molar-refractivity contribution is 5.96. The molecule has 0 atom stereocenters. The Bertz CT molecular complexity index is 744. The Morgan fingerprint density at radius 3 is 3.10 bits per heavy atom. The summed E-state index contributed by atoms with van der Waals surface area (Å²) in [5.74, 6) is 1.11. The van der Waals surface area contributed by atoms with E-state index in [4.69, 9.17) is 4.42 Å². The number of aryl methyl sites for hydroxylation is 2. The van der Waals surface area contributed by atoms with Crippen molar-refractivity contribution in [1.82, 2.24) is 15.3 Å². The average molecular weight is 283 g/mol. The summed E-state index contributed by atoms with van der Waals surface area (Å²) < 4.78 is 5.56. The summed E-state index contributed by atoms with van der Waals surface area (Å²) >= 11 is 0. The van der Waals surface area contributed by atoms with Gasteiger partial charge in [-0.05, 0) is 31.5 Å². The number of rotatable bonds is 5. The fraction of sp³-hybridized carbons (Fsp3) is 0.250. The molecule has 2 N–H and O–H groups in total. The maximum Gasteiger partial charge on any atom is 0.287 e. The molecule has 0 bridgehead atoms. The van der Waals surface area contributed by atoms with Crippen LogP contribution in [0, 0.1) is 6.92 Å². The molecule has 21 heavy (non-hydrogen) atoms. The number of carbonyl (C=O) groups excluding carboxylic acids is 1. The minimum Gasteiger partial charge on any atom is -0.451 e. The topological polar surface area (TPSA) is 70.9 Å². The maximum absolute atomic E-state index is 12.0. The molecule has 0 fully saturated rings. The van der Waals surface area contributed by atoms with Gasteiger partial charge in [-0.3, -0.25) is 4.79 Å². The van der Waals surface area contributed by atoms with Crippen molar-refractivity contribution in [2.45, 2.75) is 19.8 Å². The SMILES string of the molecule is Cc1ccc2oc(C(=O)NCCCc3ncc[nH]3)cc2c1. The number of aromatic amines is 1. The van der Waals surface area contributed by atoms with Crippen LogP contribution in [0.15, 0.2) is 41.1 Å². The lowest BCUT2D eigenvalue weighted by atomic mass is 10.2. The number of hydrogen-bond acceptors (Lipinski definition) is 3. The molecule has 0 unspecified atom stereocenters. The quantitative estimate of drug-likeness (QED) is 0.707. The van der Waals surface area contributed by atoms with Crippen LogP contribution in [0.25, 0.3) is 11.0 Å². The number of benzene rings is 1. The Kier molecular flexibility index (Phi) is 3.73. The molecule has 108 valence electrons. The summed E-state index contributed by atoms with van der Waals surface area (Å²) in [6.45, 7) is 2.61. The number of nitrogens with zero attached hydrogens (tertiary/aromatic N) is 1. The van der Waals surface area contributed by atoms with Crippen molar-refractivity contribution >= 4 is 16.9 Å². The van der Waals surface area contributed by atoms with Crippen LogP contribution in [0.4, 0.5) is 0 Å². The van der Waals surface area contributed by atoms with Crippen LogP contribution in [-0.2, 0) is 6.42 Å². The lowest BCUT2D eigenvalue weighted by Gasteiger charge is -2.01. The first-order chi connectivity index (χ1) is 10.2. The van der Waals surface area contributed by atoms with Crippen LogP contribution in [0.3, 0.4) is 0 Å². The zero-order valence-electron chi connectivity index (χ0n) is 11.8. The third-order valence-corrected chi connectivity index (χ3v) is 3.33. The summed E-state index contributed by atoms with van der Waals surface area (Å²) in [5, 5.41) is 3.82. The zero-order chi connectivity index (χ0) is 14.7. The predicted octanol–water partition coefficient (Wildman–Crippen LogP) is 2.83. The highest BCUT2D eigenvalue weighted by Gasteiger charge is 2.11. The van der Waals surface area contributed by atoms with Gasteiger partial charge in [0, 0.05) is 30.7 Å². The minimum absolute atomic E-state index is 0.178. The van der Waals surface area contributed by atoms with Gasteiger partial charge in [-0.1, -0.05) is 11.6 Å². The molecule has 0 spiro atoms. The third-order valence-electron chi connectivity index (χ3n) is 3.33. The van der Waals surface area contributed by atoms with Gasteiger partial charge >= 0.3 is 0 Å². The van der Waals surface area contributed by atoms with E-state index in [0.29, 0.717) is 12.3 Å². The number of imidazole rings is 1. The molecular weight excluding hydrogens is 266 g/mol. The van der Waals surface area contributed by atoms with Crippen molar-refractivity contribution < 1.29 is 9.21 Å². The number of H-pyrrole nitrogens is 1. The Morgan fingerprint density at radius 2 is 2.29 bits per heavy atom. The van der Waals surface area contributed by atoms with Gasteiger partial charge in [-0.15, -0.1) is 0 Å². The normalized spacial score (nSPS) is 10.9. The second-order valence-electron chi connectivity index (χ2n) is 5.05. The summed E-state index contributed by atoms with van der Waals surface area (Å²) in [6, 6.07) is 7.64. The van der Waals surface area contributed by atoms with Crippen molar-refractivity contribution in [1.29, 1.82) is 0 Å². The average Bonchev–Trinajstić information content (AvgIpc) is 3.11. The molecule has 5 nitrogen and oxygen atoms in total. The number of carbonyl (C=O) groups is 1. The van der Waals surface area contributed by atoms with Crippen molar-refractivity contribution in [3.8, 4) is 0 Å². The van der Waals surface area contributed by atoms with Crippen LogP contribution in [0.5, 0.6) is 0 Å². The number of aromatic nitrogens is 2. The second kappa shape index (κ2) is 5.83. The monoisotopic (exact) mass is 283 g/mol. The summed E-state index contributed by atoms with van der Waals surface area (Å²) in [4.78, 5) is 19.2. The molecule has 3 rings (SSSR count). The number of amides is 1. The Hall–Kier alpha value is -2.56. The number of hydrogen-bond donors (Lipinski definition) is 2. The Labute approximate surface area is 122 Å². The lowest BCUT2D eigenvalue weighted by molar-refractivity contribution is 0.0927. The molecule has 0 radical (unpaired) electrons. The molecule has 0 aliphatic rings. The standard InChI is InChI=1S/C16H17N3O2/c1-11-4-5-13-12(9-11)10-14(21-13)16(20)19-6-2-3-15-17-7-8-18-15/h4-5,7-10H,2-3,6H2,1H3,(H,17,18)(H,19,20). The number of nitrogens with one attached hydrogen (secondary N) is 2. The fourth-order valence-corrected chi connectivity index (χ4v) is 2.25. The highest BCUT2D eigenvalue weighted by atomic mass is 16.3. The third kappa shape index (κ3) is 3.13. The van der Waals surface area contributed by atoms with Crippen molar-refractivity contribution in [2.75, 3.05) is 6.54 Å². The Morgan fingerprint density at radius 1 is 1.38 bits per heavy atom. The Balaban J connectivity index is 1.56. The largest absolute Gasteiger partial charge is 0.451 e. The van der Waals surface area contributed by atoms with E-state index in [1.165, 1.54) is 0 Å². The first-order valence-corrected chi connectivity index (χ1v) is 6.99. The van der Waals surface area contributed by atoms with Crippen molar-refractivity contribution in [3.63, 3.8) is 0 Å². The molecule has 5 heteroatoms. The molecule has 0 aliphatic heterocycles. The molecule has 2 aromatic heterocycles. The molecule has 1 amide bonds. The van der Waals surface area contributed by atoms with E-state index in [2.05, 4.69) is 15.3 Å². The first-order valence-electron chi connectivity index (χ1n) is 6.99. The summed E-state index contributed by atoms with van der Waals surface area (Å²) in [5.41, 5.74) is 1.88. The minimum atomic E-state index is -0.178. The van der Waals surface area contributed by atoms with Crippen molar-refractivity contribution in [2.24, 2.45) is 0 Å². The van der Waals surface area contributed by atoms with Crippen LogP contribution in [0.2, 0.25) is 0 Å². The zero-order valence-corrected chi connectivity index (χ0v) is 11.8. The first kappa shape index (κ1) is 13.4. The van der Waals surface area contributed by atoms with Gasteiger partial charge in [0.2, 0.25) is 0 Å². The van der Waals surface area contributed by atoms with Gasteiger partial charge in [0.1, 0.15) is 11.4 Å². The van der Waals surface area contributed by atoms with E-state index in [9.17, 15) is 4.79 Å². The van der Waals surface area contributed by atoms with Gasteiger partial charge in [-0.2, -0.15) is 0 Å². The second-order valence-corrected chi connectivity index (χ2v) is 5.05. The van der Waals surface area contributed by atoms with Gasteiger partial charge in [0.05, 0.1) is 0 Å². The van der Waals surface area contributed by atoms with Crippen molar-refractivity contribution in [3.05, 3.63) is 53.8 Å². The molecule has 0 saturated heterocycles. The van der Waals surface area contributed by atoms with E-state index >= 15 is 0 Å². The van der Waals surface area contributed by atoms with Crippen LogP contribution in [-0.4, -0.2) is 22.4 Å². The number of fused-ring (bicyclic) bond motifs is 1. The smallest absolute Gasteiger partial charge is 0.287 e. The van der Waals surface area contributed by atoms with Gasteiger partial charge < -0.3 is 14.7 Å². The molecule has 1 aromatic carbocycles. The van der Waals surface area contributed by atoms with E-state index in [1.807, 2.05) is 25.1 Å². The predicted molar refractivity (Wildman–Crippen MR) is 80.2 cm³/mol.